The molecule has 2 aliphatic rings. The number of hydrogen-bond acceptors (Lipinski definition) is 5. The van der Waals surface area contributed by atoms with Gasteiger partial charge in [-0.3, -0.25) is 14.2 Å². The highest BCUT2D eigenvalue weighted by molar-refractivity contribution is 6.29. The maximum atomic E-state index is 12.8. The summed E-state index contributed by atoms with van der Waals surface area (Å²) in [5.41, 5.74) is -0.00390. The zero-order valence-corrected chi connectivity index (χ0v) is 16.0. The van der Waals surface area contributed by atoms with E-state index < -0.39 is 0 Å². The normalized spacial score (nSPS) is 21.1. The summed E-state index contributed by atoms with van der Waals surface area (Å²) in [5, 5.41) is 11.5. The number of nitrogens with zero attached hydrogens (tertiary/aromatic N) is 5. The van der Waals surface area contributed by atoms with Crippen molar-refractivity contribution < 1.29 is 9.59 Å². The molecule has 2 aliphatic heterocycles. The van der Waals surface area contributed by atoms with Crippen molar-refractivity contribution in [2.75, 3.05) is 13.1 Å². The van der Waals surface area contributed by atoms with Gasteiger partial charge in [0.05, 0.1) is 5.54 Å². The van der Waals surface area contributed by atoms with E-state index in [2.05, 4.69) is 20.5 Å². The van der Waals surface area contributed by atoms with Gasteiger partial charge in [0.1, 0.15) is 16.7 Å². The molecule has 1 N–H and O–H groups in total. The smallest absolute Gasteiger partial charge is 0.289 e. The number of aromatic nitrogens is 4. The first-order valence-electron chi connectivity index (χ1n) is 9.07. The molecule has 9 heteroatoms. The minimum Gasteiger partial charge on any atom is -0.347 e. The van der Waals surface area contributed by atoms with Crippen LogP contribution in [0.1, 0.15) is 53.6 Å². The number of pyridine rings is 1. The summed E-state index contributed by atoms with van der Waals surface area (Å²) in [6.07, 6.45) is 2.35. The highest BCUT2D eigenvalue weighted by Crippen LogP contribution is 2.40. The Morgan fingerprint density at radius 2 is 2.07 bits per heavy atom. The summed E-state index contributed by atoms with van der Waals surface area (Å²) < 4.78 is 1.95. The third kappa shape index (κ3) is 3.07. The minimum atomic E-state index is -0.337. The first-order chi connectivity index (χ1) is 12.9. The maximum absolute atomic E-state index is 12.8. The van der Waals surface area contributed by atoms with Gasteiger partial charge >= 0.3 is 0 Å². The van der Waals surface area contributed by atoms with Gasteiger partial charge in [-0.2, -0.15) is 0 Å². The molecule has 27 heavy (non-hydrogen) atoms. The first kappa shape index (κ1) is 17.9. The van der Waals surface area contributed by atoms with Gasteiger partial charge in [-0.15, -0.1) is 10.2 Å². The molecule has 1 unspecified atom stereocenters. The fraction of sp³-hybridized carbons (Fsp3) is 0.500. The van der Waals surface area contributed by atoms with Gasteiger partial charge in [-0.1, -0.05) is 17.7 Å². The van der Waals surface area contributed by atoms with Crippen LogP contribution in [-0.4, -0.2) is 55.6 Å². The lowest BCUT2D eigenvalue weighted by Gasteiger charge is -2.27. The van der Waals surface area contributed by atoms with Crippen LogP contribution in [-0.2, 0) is 12.0 Å². The van der Waals surface area contributed by atoms with Gasteiger partial charge in [-0.05, 0) is 38.8 Å². The van der Waals surface area contributed by atoms with Crippen LogP contribution in [0.2, 0.25) is 5.15 Å². The van der Waals surface area contributed by atoms with Crippen LogP contribution in [0.15, 0.2) is 18.2 Å². The summed E-state index contributed by atoms with van der Waals surface area (Å²) in [5.74, 6) is 0.751. The molecular weight excluding hydrogens is 368 g/mol. The second kappa shape index (κ2) is 6.60. The molecule has 8 nitrogen and oxygen atoms in total. The summed E-state index contributed by atoms with van der Waals surface area (Å²) in [7, 11) is 0. The molecule has 4 heterocycles. The quantitative estimate of drug-likeness (QED) is 0.807. The molecule has 0 aliphatic carbocycles. The van der Waals surface area contributed by atoms with E-state index in [4.69, 9.17) is 11.6 Å². The van der Waals surface area contributed by atoms with Crippen LogP contribution in [0, 0.1) is 0 Å². The number of aryl methyl sites for hydroxylation is 1. The van der Waals surface area contributed by atoms with E-state index in [1.807, 2.05) is 18.4 Å². The maximum Gasteiger partial charge on any atom is 0.289 e. The van der Waals surface area contributed by atoms with Crippen LogP contribution in [0.25, 0.3) is 0 Å². The Bertz CT molecular complexity index is 911. The molecule has 142 valence electrons. The molecule has 0 saturated carbocycles. The Hall–Kier alpha value is -2.48. The van der Waals surface area contributed by atoms with Crippen molar-refractivity contribution >= 4 is 23.4 Å². The molecule has 2 amide bonds. The lowest BCUT2D eigenvalue weighted by Crippen LogP contribution is -2.40. The number of nitrogens with one attached hydrogen (secondary N) is 1. The van der Waals surface area contributed by atoms with Crippen molar-refractivity contribution in [2.24, 2.45) is 0 Å². The third-order valence-electron chi connectivity index (χ3n) is 5.19. The Kier molecular flexibility index (Phi) is 4.38. The Labute approximate surface area is 161 Å². The third-order valence-corrected chi connectivity index (χ3v) is 5.41. The Morgan fingerprint density at radius 1 is 1.26 bits per heavy atom. The number of likely N-dealkylation sites (tertiary alicyclic amines) is 1. The lowest BCUT2D eigenvalue weighted by atomic mass is 9.95. The van der Waals surface area contributed by atoms with Crippen LogP contribution in [0.5, 0.6) is 0 Å². The monoisotopic (exact) mass is 388 g/mol. The van der Waals surface area contributed by atoms with E-state index in [0.29, 0.717) is 29.8 Å². The predicted octanol–water partition coefficient (Wildman–Crippen LogP) is 1.65. The second-order valence-corrected chi connectivity index (χ2v) is 7.84. The average molecular weight is 389 g/mol. The van der Waals surface area contributed by atoms with Crippen molar-refractivity contribution in [1.82, 2.24) is 30.0 Å². The van der Waals surface area contributed by atoms with E-state index in [-0.39, 0.29) is 23.4 Å². The Balaban J connectivity index is 1.60. The molecule has 2 aromatic rings. The fourth-order valence-corrected chi connectivity index (χ4v) is 4.18. The molecule has 2 aromatic heterocycles. The van der Waals surface area contributed by atoms with Crippen LogP contribution in [0.3, 0.4) is 0 Å². The van der Waals surface area contributed by atoms with Gasteiger partial charge in [0.15, 0.2) is 0 Å². The van der Waals surface area contributed by atoms with E-state index in [0.717, 1.165) is 25.1 Å². The lowest BCUT2D eigenvalue weighted by molar-refractivity contribution is 0.0768. The summed E-state index contributed by atoms with van der Waals surface area (Å²) in [6, 6.07) is 5.04. The van der Waals surface area contributed by atoms with Gasteiger partial charge in [-0.25, -0.2) is 4.98 Å². The molecule has 1 spiro atoms. The van der Waals surface area contributed by atoms with Gasteiger partial charge in [0, 0.05) is 25.6 Å². The number of hydrogen-bond donors (Lipinski definition) is 1. The van der Waals surface area contributed by atoms with E-state index in [1.54, 1.807) is 23.1 Å². The van der Waals surface area contributed by atoms with Crippen molar-refractivity contribution in [2.45, 2.75) is 44.7 Å². The van der Waals surface area contributed by atoms with Crippen molar-refractivity contribution in [3.05, 3.63) is 40.7 Å². The SMILES string of the molecule is CC(C)NC(=O)c1nnc2n1C1(CC2)CCN(C(=O)c2cccc(Cl)n2)C1. The molecule has 4 rings (SSSR count). The van der Waals surface area contributed by atoms with Crippen LogP contribution >= 0.6 is 11.6 Å². The molecule has 0 bridgehead atoms. The second-order valence-electron chi connectivity index (χ2n) is 7.45. The molecule has 0 radical (unpaired) electrons. The molecule has 1 fully saturated rings. The highest BCUT2D eigenvalue weighted by atomic mass is 35.5. The summed E-state index contributed by atoms with van der Waals surface area (Å²) in [4.78, 5) is 31.3. The van der Waals surface area contributed by atoms with Crippen LogP contribution < -0.4 is 5.32 Å². The number of fused-ring (bicyclic) bond motifs is 2. The number of carbonyl (C=O) groups excluding carboxylic acids is 2. The predicted molar refractivity (Wildman–Crippen MR) is 98.7 cm³/mol. The van der Waals surface area contributed by atoms with Gasteiger partial charge in [0.2, 0.25) is 5.82 Å². The fourth-order valence-electron chi connectivity index (χ4n) is 4.01. The zero-order valence-electron chi connectivity index (χ0n) is 15.3. The summed E-state index contributed by atoms with van der Waals surface area (Å²) in [6.45, 7) is 4.91. The minimum absolute atomic E-state index is 0.0124. The Morgan fingerprint density at radius 3 is 2.81 bits per heavy atom. The van der Waals surface area contributed by atoms with Crippen LogP contribution in [0.4, 0.5) is 0 Å². The van der Waals surface area contributed by atoms with E-state index in [1.165, 1.54) is 0 Å². The highest BCUT2D eigenvalue weighted by Gasteiger charge is 2.48. The zero-order chi connectivity index (χ0) is 19.2. The number of rotatable bonds is 3. The molecular formula is C18H21ClN6O2. The first-order valence-corrected chi connectivity index (χ1v) is 9.45. The van der Waals surface area contributed by atoms with E-state index in [9.17, 15) is 9.59 Å². The number of carbonyl (C=O) groups is 2. The van der Waals surface area contributed by atoms with Crippen molar-refractivity contribution in [3.8, 4) is 0 Å². The van der Waals surface area contributed by atoms with E-state index >= 15 is 0 Å². The van der Waals surface area contributed by atoms with Gasteiger partial charge in [0.25, 0.3) is 11.8 Å². The molecule has 0 aromatic carbocycles. The van der Waals surface area contributed by atoms with Crippen molar-refractivity contribution in [3.63, 3.8) is 0 Å². The number of amides is 2. The molecule has 1 saturated heterocycles. The topological polar surface area (TPSA) is 93.0 Å². The van der Waals surface area contributed by atoms with Crippen molar-refractivity contribution in [1.29, 1.82) is 0 Å². The molecule has 1 atom stereocenters. The van der Waals surface area contributed by atoms with Gasteiger partial charge < -0.3 is 10.2 Å². The average Bonchev–Trinajstić information content (AvgIpc) is 3.31. The largest absolute Gasteiger partial charge is 0.347 e. The summed E-state index contributed by atoms with van der Waals surface area (Å²) >= 11 is 5.92. The number of halogens is 1. The standard InChI is InChI=1S/C18H21ClN6O2/c1-11(2)20-16(26)15-23-22-14-6-7-18(25(14)15)8-9-24(10-18)17(27)12-4-3-5-13(19)21-12/h3-5,11H,6-10H2,1-2H3,(H,20,26).